The Kier molecular flexibility index (Phi) is 4.42. The van der Waals surface area contributed by atoms with Crippen molar-refractivity contribution >= 4 is 36.8 Å². The minimum absolute atomic E-state index is 0.412. The number of thiazole rings is 1. The minimum Gasteiger partial charge on any atom is -0.345 e. The average Bonchev–Trinajstić information content (AvgIpc) is 3.08. The first kappa shape index (κ1) is 17.4. The Bertz CT molecular complexity index is 1020. The number of benzene rings is 1. The molecule has 3 aromatic rings. The van der Waals surface area contributed by atoms with Gasteiger partial charge in [-0.1, -0.05) is 23.5 Å². The molecule has 26 heavy (non-hydrogen) atoms. The van der Waals surface area contributed by atoms with Gasteiger partial charge in [0.05, 0.1) is 4.90 Å². The summed E-state index contributed by atoms with van der Waals surface area (Å²) in [7, 11) is -3.47. The standard InChI is InChI=1S/C18H20N4O2S2/c1-13-5-6-14(2)16(12-13)26(23,24)22-10-8-21(9-11-22)18-20-15-4-3-7-19-17(15)25-18/h3-7,12H,8-11H2,1-2H3. The number of hydrogen-bond acceptors (Lipinski definition) is 6. The fourth-order valence-electron chi connectivity index (χ4n) is 3.14. The normalized spacial score (nSPS) is 16.3. The molecule has 1 saturated heterocycles. The van der Waals surface area contributed by atoms with Crippen LogP contribution in [0.2, 0.25) is 0 Å². The number of sulfonamides is 1. The largest absolute Gasteiger partial charge is 0.345 e. The van der Waals surface area contributed by atoms with E-state index in [2.05, 4.69) is 14.9 Å². The number of pyridine rings is 1. The van der Waals surface area contributed by atoms with Crippen molar-refractivity contribution in [2.75, 3.05) is 31.1 Å². The summed E-state index contributed by atoms with van der Waals surface area (Å²) in [6.45, 7) is 5.93. The maximum absolute atomic E-state index is 13.0. The molecular formula is C18H20N4O2S2. The summed E-state index contributed by atoms with van der Waals surface area (Å²) in [5.74, 6) is 0. The third-order valence-corrected chi connectivity index (χ3v) is 7.71. The fraction of sp³-hybridized carbons (Fsp3) is 0.333. The van der Waals surface area contributed by atoms with Crippen LogP contribution in [0.3, 0.4) is 0 Å². The molecule has 0 amide bonds. The van der Waals surface area contributed by atoms with E-state index in [9.17, 15) is 8.42 Å². The molecule has 2 aromatic heterocycles. The number of piperazine rings is 1. The molecule has 136 valence electrons. The van der Waals surface area contributed by atoms with E-state index in [4.69, 9.17) is 0 Å². The van der Waals surface area contributed by atoms with Gasteiger partial charge in [0.25, 0.3) is 0 Å². The average molecular weight is 389 g/mol. The molecule has 6 nitrogen and oxygen atoms in total. The molecule has 0 bridgehead atoms. The molecule has 0 radical (unpaired) electrons. The highest BCUT2D eigenvalue weighted by molar-refractivity contribution is 7.89. The zero-order chi connectivity index (χ0) is 18.3. The highest BCUT2D eigenvalue weighted by Crippen LogP contribution is 2.29. The molecule has 1 aliphatic rings. The Balaban J connectivity index is 1.53. The van der Waals surface area contributed by atoms with E-state index in [1.165, 1.54) is 0 Å². The summed E-state index contributed by atoms with van der Waals surface area (Å²) in [6, 6.07) is 9.39. The summed E-state index contributed by atoms with van der Waals surface area (Å²) in [4.78, 5) is 12.4. The molecule has 1 aliphatic heterocycles. The van der Waals surface area contributed by atoms with Gasteiger partial charge in [-0.25, -0.2) is 18.4 Å². The number of rotatable bonds is 3. The predicted molar refractivity (Wildman–Crippen MR) is 104 cm³/mol. The van der Waals surface area contributed by atoms with E-state index in [0.717, 1.165) is 26.6 Å². The van der Waals surface area contributed by atoms with Gasteiger partial charge in [0.1, 0.15) is 10.3 Å². The molecule has 1 fully saturated rings. The molecule has 0 atom stereocenters. The van der Waals surface area contributed by atoms with E-state index in [-0.39, 0.29) is 0 Å². The van der Waals surface area contributed by atoms with Crippen molar-refractivity contribution in [1.29, 1.82) is 0 Å². The monoisotopic (exact) mass is 388 g/mol. The van der Waals surface area contributed by atoms with Gasteiger partial charge < -0.3 is 4.90 Å². The van der Waals surface area contributed by atoms with E-state index in [1.807, 2.05) is 38.1 Å². The zero-order valence-electron chi connectivity index (χ0n) is 14.7. The van der Waals surface area contributed by atoms with Gasteiger partial charge >= 0.3 is 0 Å². The van der Waals surface area contributed by atoms with Crippen LogP contribution in [0.15, 0.2) is 41.4 Å². The molecule has 8 heteroatoms. The minimum atomic E-state index is -3.47. The number of hydrogen-bond donors (Lipinski definition) is 0. The van der Waals surface area contributed by atoms with Crippen molar-refractivity contribution in [3.8, 4) is 0 Å². The number of nitrogens with zero attached hydrogens (tertiary/aromatic N) is 4. The summed E-state index contributed by atoms with van der Waals surface area (Å²) in [5, 5.41) is 0.905. The van der Waals surface area contributed by atoms with Crippen LogP contribution in [-0.2, 0) is 10.0 Å². The number of anilines is 1. The lowest BCUT2D eigenvalue weighted by molar-refractivity contribution is 0.384. The molecule has 0 aliphatic carbocycles. The van der Waals surface area contributed by atoms with E-state index in [1.54, 1.807) is 27.9 Å². The van der Waals surface area contributed by atoms with Gasteiger partial charge in [-0.05, 0) is 43.2 Å². The fourth-order valence-corrected chi connectivity index (χ4v) is 5.83. The molecular weight excluding hydrogens is 368 g/mol. The topological polar surface area (TPSA) is 66.4 Å². The Labute approximate surface area is 157 Å². The SMILES string of the molecule is Cc1ccc(C)c(S(=O)(=O)N2CCN(c3nc4cccnc4s3)CC2)c1. The lowest BCUT2D eigenvalue weighted by Crippen LogP contribution is -2.48. The van der Waals surface area contributed by atoms with Crippen LogP contribution in [0.1, 0.15) is 11.1 Å². The second-order valence-corrected chi connectivity index (χ2v) is 9.35. The highest BCUT2D eigenvalue weighted by atomic mass is 32.2. The van der Waals surface area contributed by atoms with Crippen LogP contribution in [0, 0.1) is 13.8 Å². The van der Waals surface area contributed by atoms with Gasteiger partial charge in [0.15, 0.2) is 5.13 Å². The molecule has 4 rings (SSSR count). The predicted octanol–water partition coefficient (Wildman–Crippen LogP) is 2.82. The van der Waals surface area contributed by atoms with E-state index in [0.29, 0.717) is 31.1 Å². The highest BCUT2D eigenvalue weighted by Gasteiger charge is 2.30. The Hall–Kier alpha value is -2.03. The van der Waals surface area contributed by atoms with Gasteiger partial charge in [-0.3, -0.25) is 0 Å². The first-order chi connectivity index (χ1) is 12.4. The second-order valence-electron chi connectivity index (χ2n) is 6.48. The molecule has 0 unspecified atom stereocenters. The first-order valence-electron chi connectivity index (χ1n) is 8.49. The van der Waals surface area contributed by atoms with Crippen LogP contribution >= 0.6 is 11.3 Å². The maximum atomic E-state index is 13.0. The lowest BCUT2D eigenvalue weighted by atomic mass is 10.2. The van der Waals surface area contributed by atoms with Crippen molar-refractivity contribution in [1.82, 2.24) is 14.3 Å². The number of aryl methyl sites for hydroxylation is 2. The first-order valence-corrected chi connectivity index (χ1v) is 10.7. The van der Waals surface area contributed by atoms with Crippen LogP contribution in [0.4, 0.5) is 5.13 Å². The Morgan fingerprint density at radius 1 is 1.08 bits per heavy atom. The van der Waals surface area contributed by atoms with Crippen molar-refractivity contribution in [2.24, 2.45) is 0 Å². The Morgan fingerprint density at radius 3 is 2.58 bits per heavy atom. The van der Waals surface area contributed by atoms with Gasteiger partial charge in [-0.15, -0.1) is 0 Å². The Morgan fingerprint density at radius 2 is 1.85 bits per heavy atom. The number of aromatic nitrogens is 2. The number of fused-ring (bicyclic) bond motifs is 1. The van der Waals surface area contributed by atoms with Crippen LogP contribution in [-0.4, -0.2) is 48.9 Å². The van der Waals surface area contributed by atoms with Crippen LogP contribution in [0.5, 0.6) is 0 Å². The summed E-state index contributed by atoms with van der Waals surface area (Å²) < 4.78 is 27.6. The lowest BCUT2D eigenvalue weighted by Gasteiger charge is -2.34. The molecule has 1 aromatic carbocycles. The third kappa shape index (κ3) is 3.08. The van der Waals surface area contributed by atoms with Crippen LogP contribution in [0.25, 0.3) is 10.3 Å². The second kappa shape index (κ2) is 6.61. The molecule has 0 N–H and O–H groups in total. The van der Waals surface area contributed by atoms with Gasteiger partial charge in [0.2, 0.25) is 10.0 Å². The molecule has 3 heterocycles. The quantitative estimate of drug-likeness (QED) is 0.690. The van der Waals surface area contributed by atoms with Crippen molar-refractivity contribution in [3.05, 3.63) is 47.7 Å². The smallest absolute Gasteiger partial charge is 0.243 e. The maximum Gasteiger partial charge on any atom is 0.243 e. The van der Waals surface area contributed by atoms with Crippen molar-refractivity contribution in [3.63, 3.8) is 0 Å². The third-order valence-electron chi connectivity index (χ3n) is 4.63. The van der Waals surface area contributed by atoms with Crippen molar-refractivity contribution < 1.29 is 8.42 Å². The van der Waals surface area contributed by atoms with Crippen LogP contribution < -0.4 is 4.90 Å². The molecule has 0 saturated carbocycles. The van der Waals surface area contributed by atoms with E-state index >= 15 is 0 Å². The zero-order valence-corrected chi connectivity index (χ0v) is 16.3. The van der Waals surface area contributed by atoms with E-state index < -0.39 is 10.0 Å². The summed E-state index contributed by atoms with van der Waals surface area (Å²) in [5.41, 5.74) is 2.63. The summed E-state index contributed by atoms with van der Waals surface area (Å²) >= 11 is 1.55. The van der Waals surface area contributed by atoms with Crippen molar-refractivity contribution in [2.45, 2.75) is 18.7 Å². The van der Waals surface area contributed by atoms with Gasteiger partial charge in [0, 0.05) is 32.4 Å². The van der Waals surface area contributed by atoms with Gasteiger partial charge in [-0.2, -0.15) is 4.31 Å². The summed E-state index contributed by atoms with van der Waals surface area (Å²) in [6.07, 6.45) is 1.76. The molecule has 0 spiro atoms.